The zero-order valence-electron chi connectivity index (χ0n) is 48.2. The Bertz CT molecular complexity index is 1740. The van der Waals surface area contributed by atoms with E-state index >= 15 is 0 Å². The van der Waals surface area contributed by atoms with Gasteiger partial charge in [0, 0.05) is 36.5 Å². The molecule has 5 aromatic carbocycles. The molecule has 0 fully saturated rings. The Morgan fingerprint density at radius 2 is 0.315 bits per heavy atom. The van der Waals surface area contributed by atoms with Gasteiger partial charge in [-0.1, -0.05) is 278 Å². The molecule has 5 aromatic rings. The van der Waals surface area contributed by atoms with Crippen molar-refractivity contribution in [3.8, 4) is 0 Å². The van der Waals surface area contributed by atoms with Gasteiger partial charge in [-0.05, 0) is 36.4 Å². The molecule has 9 heteroatoms. The summed E-state index contributed by atoms with van der Waals surface area (Å²) in [6, 6.07) is 50.6. The predicted octanol–water partition coefficient (Wildman–Crippen LogP) is 17.5. The molecule has 0 radical (unpaired) electrons. The normalized spacial score (nSPS) is 11.0. The van der Waals surface area contributed by atoms with Crippen LogP contribution in [-0.4, -0.2) is 35.4 Å². The van der Waals surface area contributed by atoms with E-state index < -0.39 is 0 Å². The van der Waals surface area contributed by atoms with E-state index in [2.05, 4.69) is 55.4 Å². The predicted molar refractivity (Wildman–Crippen MR) is 318 cm³/mol. The molecule has 9 nitrogen and oxygen atoms in total. The highest BCUT2D eigenvalue weighted by atomic mass is 16.2. The van der Waals surface area contributed by atoms with Gasteiger partial charge in [-0.2, -0.15) is 0 Å². The molecule has 402 valence electrons. The minimum Gasteiger partial charge on any atom is -0.269 e. The number of anilines is 3. The molecule has 73 heavy (non-hydrogen) atoms. The minimum atomic E-state index is -0.281. The number of rotatable bonds is 3. The second kappa shape index (κ2) is 60.9. The maximum Gasteiger partial charge on any atom is 0.258 e. The molecule has 3 aliphatic heterocycles. The molecule has 3 heterocycles. The lowest BCUT2D eigenvalue weighted by molar-refractivity contribution is -0.121. The summed E-state index contributed by atoms with van der Waals surface area (Å²) >= 11 is 0. The quantitative estimate of drug-likeness (QED) is 0.166. The first kappa shape index (κ1) is 77.2. The number of carbonyl (C=O) groups excluding carboxylic acids is 6. The van der Waals surface area contributed by atoms with Crippen molar-refractivity contribution in [1.82, 2.24) is 0 Å². The molecule has 8 rings (SSSR count). The molecule has 0 aromatic heterocycles. The van der Waals surface area contributed by atoms with Gasteiger partial charge in [0.1, 0.15) is 0 Å². The number of hydrogen-bond donors (Lipinski definition) is 0. The van der Waals surface area contributed by atoms with E-state index in [0.29, 0.717) is 17.1 Å². The molecule has 3 aliphatic rings. The SMILES string of the molecule is CC.CC.CC.CC.CC.CCC.CCC.CCC.CCC.O=C1C=CC(=O)N1c1ccccc1.O=C1C=CC(=O)N1c1ccccc1.O=C1C=CC(=O)N1c1ccccc1.c1ccccc1.c1ccccc1. The summed E-state index contributed by atoms with van der Waals surface area (Å²) in [5.41, 5.74) is 1.84. The first-order chi connectivity index (χ1) is 35.5. The topological polar surface area (TPSA) is 112 Å². The van der Waals surface area contributed by atoms with Crippen molar-refractivity contribution in [1.29, 1.82) is 0 Å². The van der Waals surface area contributed by atoms with Crippen LogP contribution in [0, 0.1) is 0 Å². The highest BCUT2D eigenvalue weighted by Gasteiger charge is 2.26. The largest absolute Gasteiger partial charge is 0.269 e. The molecule has 0 spiro atoms. The lowest BCUT2D eigenvalue weighted by Crippen LogP contribution is -2.29. The number of para-hydroxylation sites is 3. The summed E-state index contributed by atoms with van der Waals surface area (Å²) in [4.78, 5) is 70.6. The smallest absolute Gasteiger partial charge is 0.258 e. The zero-order chi connectivity index (χ0) is 57.1. The summed E-state index contributed by atoms with van der Waals surface area (Å²) in [5.74, 6) is -1.69. The molecule has 0 bridgehead atoms. The van der Waals surface area contributed by atoms with Crippen molar-refractivity contribution >= 4 is 52.5 Å². The van der Waals surface area contributed by atoms with Crippen LogP contribution < -0.4 is 14.7 Å². The van der Waals surface area contributed by atoms with Gasteiger partial charge in [0.15, 0.2) is 0 Å². The Morgan fingerprint density at radius 3 is 0.425 bits per heavy atom. The van der Waals surface area contributed by atoms with E-state index in [9.17, 15) is 28.8 Å². The van der Waals surface area contributed by atoms with Crippen LogP contribution in [-0.2, 0) is 28.8 Å². The number of amides is 6. The van der Waals surface area contributed by atoms with Crippen LogP contribution >= 0.6 is 0 Å². The Kier molecular flexibility index (Phi) is 64.4. The Labute approximate surface area is 444 Å². The average Bonchev–Trinajstić information content (AvgIpc) is 4.11. The third kappa shape index (κ3) is 40.1. The Balaban J connectivity index is -0.000000178. The summed E-state index contributed by atoms with van der Waals surface area (Å²) in [5, 5.41) is 0. The maximum atomic E-state index is 11.2. The van der Waals surface area contributed by atoms with Gasteiger partial charge in [-0.15, -0.1) is 0 Å². The first-order valence-electron chi connectivity index (χ1n) is 26.4. The van der Waals surface area contributed by atoms with E-state index in [1.165, 1.54) is 62.1 Å². The third-order valence-corrected chi connectivity index (χ3v) is 6.80. The van der Waals surface area contributed by atoms with Gasteiger partial charge in [0.2, 0.25) is 0 Å². The van der Waals surface area contributed by atoms with Crippen molar-refractivity contribution in [2.75, 3.05) is 14.7 Å². The number of carbonyl (C=O) groups is 6. The molecule has 6 amide bonds. The molecule has 0 aliphatic carbocycles. The number of hydrogen-bond acceptors (Lipinski definition) is 6. The monoisotopic (exact) mass is 1000 g/mol. The fourth-order valence-corrected chi connectivity index (χ4v) is 4.47. The summed E-state index contributed by atoms with van der Waals surface area (Å²) < 4.78 is 0. The standard InChI is InChI=1S/3C10H7NO2.2C6H6.4C3H8.5C2H6/c3*12-9-6-7-10(13)11(9)8-4-2-1-3-5-8;2*1-2-4-6-5-3-1;4*1-3-2;5*1-2/h3*1-7H;2*1-6H;4*3H2,1-2H3;5*1-2H3. The van der Waals surface area contributed by atoms with Gasteiger partial charge < -0.3 is 0 Å². The van der Waals surface area contributed by atoms with Gasteiger partial charge in [0.05, 0.1) is 17.1 Å². The van der Waals surface area contributed by atoms with Crippen LogP contribution in [0.5, 0.6) is 0 Å². The van der Waals surface area contributed by atoms with E-state index in [4.69, 9.17) is 0 Å². The maximum absolute atomic E-state index is 11.2. The van der Waals surface area contributed by atoms with Gasteiger partial charge in [-0.3, -0.25) is 28.8 Å². The second-order valence-electron chi connectivity index (χ2n) is 13.2. The second-order valence-corrected chi connectivity index (χ2v) is 13.2. The molecule has 0 atom stereocenters. The number of imide groups is 3. The molecular formula is C64H95N3O6. The highest BCUT2D eigenvalue weighted by Crippen LogP contribution is 2.19. The highest BCUT2D eigenvalue weighted by molar-refractivity contribution is 6.29. The van der Waals surface area contributed by atoms with Crippen LogP contribution in [0.1, 0.15) is 150 Å². The van der Waals surface area contributed by atoms with Gasteiger partial charge in [-0.25, -0.2) is 14.7 Å². The lowest BCUT2D eigenvalue weighted by Gasteiger charge is -2.12. The lowest BCUT2D eigenvalue weighted by atomic mass is 10.3. The van der Waals surface area contributed by atoms with Crippen molar-refractivity contribution in [2.45, 2.75) is 150 Å². The van der Waals surface area contributed by atoms with E-state index in [0.717, 1.165) is 14.7 Å². The van der Waals surface area contributed by atoms with Crippen molar-refractivity contribution in [3.05, 3.63) is 200 Å². The molecule has 0 unspecified atom stereocenters. The van der Waals surface area contributed by atoms with Crippen molar-refractivity contribution < 1.29 is 28.8 Å². The summed E-state index contributed by atoms with van der Waals surface area (Å²) in [6.07, 6.45) is 12.6. The van der Waals surface area contributed by atoms with Crippen molar-refractivity contribution in [2.24, 2.45) is 0 Å². The fourth-order valence-electron chi connectivity index (χ4n) is 4.47. The fraction of sp³-hybridized carbons (Fsp3) is 0.344. The molecule has 0 N–H and O–H groups in total. The summed E-state index contributed by atoms with van der Waals surface area (Å²) in [7, 11) is 0. The zero-order valence-corrected chi connectivity index (χ0v) is 48.2. The Morgan fingerprint density at radius 1 is 0.219 bits per heavy atom. The van der Waals surface area contributed by atoms with E-state index in [-0.39, 0.29) is 35.4 Å². The van der Waals surface area contributed by atoms with Crippen LogP contribution in [0.4, 0.5) is 17.1 Å². The molecular weight excluding hydrogens is 907 g/mol. The molecule has 0 saturated carbocycles. The van der Waals surface area contributed by atoms with Gasteiger partial charge >= 0.3 is 0 Å². The van der Waals surface area contributed by atoms with Crippen LogP contribution in [0.25, 0.3) is 0 Å². The number of nitrogens with zero attached hydrogens (tertiary/aromatic N) is 3. The van der Waals surface area contributed by atoms with E-state index in [1.807, 2.05) is 160 Å². The van der Waals surface area contributed by atoms with E-state index in [1.54, 1.807) is 72.8 Å². The van der Waals surface area contributed by atoms with Crippen LogP contribution in [0.3, 0.4) is 0 Å². The summed E-state index contributed by atoms with van der Waals surface area (Å²) in [6.45, 7) is 37.0. The molecule has 0 saturated heterocycles. The first-order valence-corrected chi connectivity index (χ1v) is 26.4. The van der Waals surface area contributed by atoms with Crippen LogP contribution in [0.15, 0.2) is 200 Å². The van der Waals surface area contributed by atoms with Crippen LogP contribution in [0.2, 0.25) is 0 Å². The minimum absolute atomic E-state index is 0.281. The number of benzene rings is 5. The van der Waals surface area contributed by atoms with Gasteiger partial charge in [0.25, 0.3) is 35.4 Å². The Hall–Kier alpha value is -7.26. The third-order valence-electron chi connectivity index (χ3n) is 6.80. The van der Waals surface area contributed by atoms with Crippen molar-refractivity contribution in [3.63, 3.8) is 0 Å². The average molecular weight is 1000 g/mol.